The van der Waals surface area contributed by atoms with Crippen molar-refractivity contribution in [3.63, 3.8) is 0 Å². The molecular weight excluding hydrogens is 518 g/mol. The highest BCUT2D eigenvalue weighted by Gasteiger charge is 2.19. The second kappa shape index (κ2) is 10.7. The third-order valence-corrected chi connectivity index (χ3v) is 6.83. The minimum absolute atomic E-state index is 0.122. The molecular formula is C27H26ClN9O2. The van der Waals surface area contributed by atoms with Crippen LogP contribution >= 0.6 is 11.6 Å². The summed E-state index contributed by atoms with van der Waals surface area (Å²) in [6.45, 7) is 2.67. The molecule has 1 aliphatic heterocycles. The Kier molecular flexibility index (Phi) is 6.82. The third-order valence-electron chi connectivity index (χ3n) is 6.60. The van der Waals surface area contributed by atoms with Crippen molar-refractivity contribution in [3.8, 4) is 5.88 Å². The number of nitrogens with zero attached hydrogens (tertiary/aromatic N) is 6. The number of likely N-dealkylation sites (tertiary alicyclic amines) is 1. The summed E-state index contributed by atoms with van der Waals surface area (Å²) in [6, 6.07) is 15.3. The molecule has 1 fully saturated rings. The Morgan fingerprint density at radius 1 is 1.15 bits per heavy atom. The summed E-state index contributed by atoms with van der Waals surface area (Å²) in [5.74, 6) is 0.313. The van der Waals surface area contributed by atoms with Gasteiger partial charge in [-0.05, 0) is 49.2 Å². The minimum atomic E-state index is -0.503. The lowest BCUT2D eigenvalue weighted by Gasteiger charge is -2.29. The van der Waals surface area contributed by atoms with Gasteiger partial charge in [0, 0.05) is 47.8 Å². The van der Waals surface area contributed by atoms with Gasteiger partial charge in [-0.25, -0.2) is 9.78 Å². The van der Waals surface area contributed by atoms with Gasteiger partial charge in [0.2, 0.25) is 5.88 Å². The van der Waals surface area contributed by atoms with Crippen LogP contribution in [0.2, 0.25) is 5.02 Å². The zero-order valence-electron chi connectivity index (χ0n) is 20.9. The van der Waals surface area contributed by atoms with E-state index in [0.717, 1.165) is 43.9 Å². The molecule has 4 aromatic heterocycles. The van der Waals surface area contributed by atoms with Gasteiger partial charge in [-0.3, -0.25) is 19.9 Å². The molecule has 0 bridgehead atoms. The number of anilines is 2. The molecule has 1 saturated heterocycles. The zero-order chi connectivity index (χ0) is 26.8. The highest BCUT2D eigenvalue weighted by Crippen LogP contribution is 2.19. The standard InChI is InChI=1S/C27H26ClN9O2/c28-18-4-3-6-20(13-18)31-23-14-24(32-19-7-10-36(11-8-19)16-21-5-1-2-9-29-21)37-25(34-23)17(15-30-37)12-22-26(38)35-27(39)33-22/h1-6,9,12-15,19,31,38H,7-8,10-11,16H2,(H2,33,35,39)/b17-12+,32-24?. The van der Waals surface area contributed by atoms with Crippen LogP contribution in [0.5, 0.6) is 5.88 Å². The fraction of sp³-hybridized carbons (Fsp3) is 0.222. The number of pyridine rings is 1. The number of benzene rings is 1. The number of aromatic amines is 2. The SMILES string of the molecule is O=c1[nH]c(O)c(/C=c2\cnn3c(=NC4CCN(Cc5ccccn5)CC4)cc(Nc4cccc(Cl)c4)nc23)[nH]1. The Morgan fingerprint density at radius 3 is 2.77 bits per heavy atom. The minimum Gasteiger partial charge on any atom is -0.493 e. The summed E-state index contributed by atoms with van der Waals surface area (Å²) in [4.78, 5) is 33.2. The Labute approximate surface area is 227 Å². The average molecular weight is 544 g/mol. The summed E-state index contributed by atoms with van der Waals surface area (Å²) in [5.41, 5.74) is 2.76. The van der Waals surface area contributed by atoms with Crippen LogP contribution in [0.25, 0.3) is 11.7 Å². The molecule has 5 heterocycles. The highest BCUT2D eigenvalue weighted by atomic mass is 35.5. The normalized spacial score (nSPS) is 15.8. The number of aromatic hydroxyl groups is 1. The molecule has 1 aliphatic rings. The Balaban J connectivity index is 1.35. The number of halogens is 1. The maximum absolute atomic E-state index is 11.6. The highest BCUT2D eigenvalue weighted by molar-refractivity contribution is 6.30. The van der Waals surface area contributed by atoms with Crippen LogP contribution in [0.15, 0.2) is 70.7 Å². The van der Waals surface area contributed by atoms with Crippen LogP contribution in [-0.2, 0) is 6.54 Å². The molecule has 4 N–H and O–H groups in total. The molecule has 0 amide bonds. The van der Waals surface area contributed by atoms with Gasteiger partial charge >= 0.3 is 5.69 Å². The monoisotopic (exact) mass is 543 g/mol. The van der Waals surface area contributed by atoms with Gasteiger partial charge in [0.25, 0.3) is 0 Å². The fourth-order valence-corrected chi connectivity index (χ4v) is 4.89. The van der Waals surface area contributed by atoms with Crippen LogP contribution < -0.4 is 21.7 Å². The van der Waals surface area contributed by atoms with Crippen molar-refractivity contribution in [1.29, 1.82) is 0 Å². The first kappa shape index (κ1) is 24.8. The molecule has 6 rings (SSSR count). The van der Waals surface area contributed by atoms with E-state index in [1.165, 1.54) is 0 Å². The molecule has 11 nitrogen and oxygen atoms in total. The van der Waals surface area contributed by atoms with Gasteiger partial charge in [-0.1, -0.05) is 23.7 Å². The van der Waals surface area contributed by atoms with Crippen molar-refractivity contribution in [2.75, 3.05) is 18.4 Å². The van der Waals surface area contributed by atoms with Crippen LogP contribution in [0.1, 0.15) is 24.2 Å². The number of nitrogens with one attached hydrogen (secondary N) is 3. The Hall–Kier alpha value is -4.48. The quantitative estimate of drug-likeness (QED) is 0.258. The van der Waals surface area contributed by atoms with Gasteiger partial charge in [0.1, 0.15) is 11.5 Å². The summed E-state index contributed by atoms with van der Waals surface area (Å²) in [5, 5.41) is 19.1. The molecule has 0 spiro atoms. The lowest BCUT2D eigenvalue weighted by molar-refractivity contribution is 0.202. The number of hydrogen-bond donors (Lipinski definition) is 4. The maximum atomic E-state index is 11.6. The average Bonchev–Trinajstić information content (AvgIpc) is 3.47. The van der Waals surface area contributed by atoms with Crippen molar-refractivity contribution in [1.82, 2.24) is 34.4 Å². The molecule has 0 atom stereocenters. The van der Waals surface area contributed by atoms with E-state index in [-0.39, 0.29) is 17.6 Å². The summed E-state index contributed by atoms with van der Waals surface area (Å²) in [6.07, 6.45) is 6.89. The van der Waals surface area contributed by atoms with Gasteiger partial charge in [0.05, 0.1) is 17.9 Å². The third kappa shape index (κ3) is 5.69. The lowest BCUT2D eigenvalue weighted by Crippen LogP contribution is -2.36. The van der Waals surface area contributed by atoms with Crippen LogP contribution in [0.4, 0.5) is 11.5 Å². The van der Waals surface area contributed by atoms with Crippen molar-refractivity contribution in [3.05, 3.63) is 98.5 Å². The molecule has 5 aromatic rings. The number of imidazole rings is 1. The van der Waals surface area contributed by atoms with Crippen molar-refractivity contribution in [2.45, 2.75) is 25.4 Å². The molecule has 0 unspecified atom stereocenters. The summed E-state index contributed by atoms with van der Waals surface area (Å²) >= 11 is 6.18. The molecule has 0 radical (unpaired) electrons. The molecule has 0 aliphatic carbocycles. The van der Waals surface area contributed by atoms with Crippen molar-refractivity contribution < 1.29 is 5.11 Å². The molecule has 39 heavy (non-hydrogen) atoms. The Morgan fingerprint density at radius 2 is 2.03 bits per heavy atom. The molecule has 1 aromatic carbocycles. The summed E-state index contributed by atoms with van der Waals surface area (Å²) in [7, 11) is 0. The second-order valence-electron chi connectivity index (χ2n) is 9.41. The van der Waals surface area contributed by atoms with E-state index in [0.29, 0.717) is 27.2 Å². The van der Waals surface area contributed by atoms with Crippen molar-refractivity contribution in [2.24, 2.45) is 4.99 Å². The predicted octanol–water partition coefficient (Wildman–Crippen LogP) is 2.36. The lowest BCUT2D eigenvalue weighted by atomic mass is 10.1. The maximum Gasteiger partial charge on any atom is 0.326 e. The number of piperidine rings is 1. The second-order valence-corrected chi connectivity index (χ2v) is 9.85. The van der Waals surface area contributed by atoms with Crippen LogP contribution in [0, 0.1) is 0 Å². The number of hydrogen-bond acceptors (Lipinski definition) is 8. The first-order chi connectivity index (χ1) is 19.0. The van der Waals surface area contributed by atoms with Gasteiger partial charge in [0.15, 0.2) is 11.1 Å². The molecule has 198 valence electrons. The number of aromatic nitrogens is 6. The number of H-pyrrole nitrogens is 2. The Bertz CT molecular complexity index is 1790. The molecule has 12 heteroatoms. The van der Waals surface area contributed by atoms with Gasteiger partial charge < -0.3 is 15.4 Å². The van der Waals surface area contributed by atoms with Gasteiger partial charge in [-0.2, -0.15) is 9.61 Å². The van der Waals surface area contributed by atoms with E-state index >= 15 is 0 Å². The van der Waals surface area contributed by atoms with E-state index in [1.54, 1.807) is 22.9 Å². The zero-order valence-corrected chi connectivity index (χ0v) is 21.6. The van der Waals surface area contributed by atoms with E-state index in [2.05, 4.69) is 30.3 Å². The molecule has 0 saturated carbocycles. The smallest absolute Gasteiger partial charge is 0.326 e. The van der Waals surface area contributed by atoms with E-state index in [1.807, 2.05) is 48.7 Å². The first-order valence-electron chi connectivity index (χ1n) is 12.6. The first-order valence-corrected chi connectivity index (χ1v) is 13.0. The predicted molar refractivity (Wildman–Crippen MR) is 148 cm³/mol. The van der Waals surface area contributed by atoms with E-state index < -0.39 is 5.69 Å². The van der Waals surface area contributed by atoms with Crippen molar-refractivity contribution >= 4 is 34.8 Å². The fourth-order valence-electron chi connectivity index (χ4n) is 4.70. The van der Waals surface area contributed by atoms with Crippen LogP contribution in [0.3, 0.4) is 0 Å². The van der Waals surface area contributed by atoms with Crippen LogP contribution in [-0.4, -0.2) is 58.7 Å². The summed E-state index contributed by atoms with van der Waals surface area (Å²) < 4.78 is 1.68. The van der Waals surface area contributed by atoms with Gasteiger partial charge in [-0.15, -0.1) is 0 Å². The number of rotatable bonds is 6. The topological polar surface area (TPSA) is 140 Å². The van der Waals surface area contributed by atoms with E-state index in [4.69, 9.17) is 21.6 Å². The largest absolute Gasteiger partial charge is 0.493 e. The van der Waals surface area contributed by atoms with E-state index in [9.17, 15) is 9.90 Å². The number of fused-ring (bicyclic) bond motifs is 1.